The smallest absolute Gasteiger partial charge is 0.146 e. The lowest BCUT2D eigenvalue weighted by atomic mass is 10.2. The van der Waals surface area contributed by atoms with Gasteiger partial charge in [0.25, 0.3) is 0 Å². The van der Waals surface area contributed by atoms with Crippen molar-refractivity contribution in [1.29, 1.82) is 0 Å². The van der Waals surface area contributed by atoms with Crippen LogP contribution in [-0.2, 0) is 0 Å². The van der Waals surface area contributed by atoms with Gasteiger partial charge < -0.3 is 10.5 Å². The summed E-state index contributed by atoms with van der Waals surface area (Å²) in [6.45, 7) is 1.83. The van der Waals surface area contributed by atoms with Crippen molar-refractivity contribution >= 4 is 17.3 Å². The first-order valence-electron chi connectivity index (χ1n) is 5.05. The molecule has 4 heteroatoms. The highest BCUT2D eigenvalue weighted by molar-refractivity contribution is 6.32. The molecule has 0 spiro atoms. The first-order valence-corrected chi connectivity index (χ1v) is 5.43. The van der Waals surface area contributed by atoms with Crippen LogP contribution in [-0.4, -0.2) is 0 Å². The normalized spacial score (nSPS) is 10.3. The zero-order valence-corrected chi connectivity index (χ0v) is 9.96. The molecule has 0 radical (unpaired) electrons. The molecule has 0 saturated carbocycles. The Morgan fingerprint density at radius 3 is 2.59 bits per heavy atom. The maximum absolute atomic E-state index is 13.1. The maximum Gasteiger partial charge on any atom is 0.146 e. The molecule has 2 N–H and O–H groups in total. The van der Waals surface area contributed by atoms with Crippen LogP contribution in [0.3, 0.4) is 0 Å². The molecule has 0 aliphatic rings. The van der Waals surface area contributed by atoms with E-state index in [1.807, 2.05) is 6.92 Å². The Morgan fingerprint density at radius 2 is 1.88 bits per heavy atom. The first kappa shape index (κ1) is 11.7. The molecule has 0 fully saturated rings. The summed E-state index contributed by atoms with van der Waals surface area (Å²) in [6.07, 6.45) is 0. The van der Waals surface area contributed by atoms with Gasteiger partial charge in [-0.15, -0.1) is 0 Å². The SMILES string of the molecule is Cc1ccc(F)cc1Oc1ccc(N)cc1Cl. The Balaban J connectivity index is 2.34. The molecule has 0 bridgehead atoms. The van der Waals surface area contributed by atoms with E-state index in [0.29, 0.717) is 22.2 Å². The zero-order valence-electron chi connectivity index (χ0n) is 9.21. The van der Waals surface area contributed by atoms with E-state index in [-0.39, 0.29) is 5.82 Å². The lowest BCUT2D eigenvalue weighted by Crippen LogP contribution is -1.91. The maximum atomic E-state index is 13.1. The van der Waals surface area contributed by atoms with Crippen LogP contribution in [0.4, 0.5) is 10.1 Å². The van der Waals surface area contributed by atoms with Gasteiger partial charge in [0.05, 0.1) is 5.02 Å². The molecule has 2 nitrogen and oxygen atoms in total. The minimum absolute atomic E-state index is 0.350. The first-order chi connectivity index (χ1) is 8.06. The molecule has 88 valence electrons. The van der Waals surface area contributed by atoms with Crippen LogP contribution in [0.25, 0.3) is 0 Å². The van der Waals surface area contributed by atoms with Crippen LogP contribution in [0.2, 0.25) is 5.02 Å². The molecule has 0 unspecified atom stereocenters. The van der Waals surface area contributed by atoms with Crippen molar-refractivity contribution in [3.8, 4) is 11.5 Å². The molecular formula is C13H11ClFNO. The fraction of sp³-hybridized carbons (Fsp3) is 0.0769. The number of ether oxygens (including phenoxy) is 1. The number of hydrogen-bond donors (Lipinski definition) is 1. The Morgan fingerprint density at radius 1 is 1.12 bits per heavy atom. The summed E-state index contributed by atoms with van der Waals surface area (Å²) in [5.74, 6) is 0.545. The van der Waals surface area contributed by atoms with Crippen LogP contribution in [0.15, 0.2) is 36.4 Å². The Hall–Kier alpha value is -1.74. The van der Waals surface area contributed by atoms with E-state index in [2.05, 4.69) is 0 Å². The minimum Gasteiger partial charge on any atom is -0.455 e. The predicted octanol–water partition coefficient (Wildman–Crippen LogP) is 4.16. The van der Waals surface area contributed by atoms with E-state index < -0.39 is 0 Å². The van der Waals surface area contributed by atoms with Gasteiger partial charge >= 0.3 is 0 Å². The molecule has 0 aliphatic carbocycles. The van der Waals surface area contributed by atoms with Gasteiger partial charge in [-0.25, -0.2) is 4.39 Å². The Bertz CT molecular complexity index is 557. The predicted molar refractivity (Wildman–Crippen MR) is 67.1 cm³/mol. The van der Waals surface area contributed by atoms with E-state index in [4.69, 9.17) is 22.1 Å². The molecule has 0 aliphatic heterocycles. The van der Waals surface area contributed by atoms with Crippen molar-refractivity contribution in [2.75, 3.05) is 5.73 Å². The summed E-state index contributed by atoms with van der Waals surface area (Å²) in [5, 5.41) is 0.397. The Labute approximate surface area is 104 Å². The quantitative estimate of drug-likeness (QED) is 0.814. The largest absolute Gasteiger partial charge is 0.455 e. The van der Waals surface area contributed by atoms with Crippen LogP contribution in [0, 0.1) is 12.7 Å². The number of rotatable bonds is 2. The molecule has 2 aromatic rings. The summed E-state index contributed by atoms with van der Waals surface area (Å²) >= 11 is 5.97. The second kappa shape index (κ2) is 4.63. The monoisotopic (exact) mass is 251 g/mol. The number of halogens is 2. The van der Waals surface area contributed by atoms with Crippen molar-refractivity contribution in [3.63, 3.8) is 0 Å². The molecule has 17 heavy (non-hydrogen) atoms. The van der Waals surface area contributed by atoms with Crippen molar-refractivity contribution in [2.24, 2.45) is 0 Å². The average molecular weight is 252 g/mol. The highest BCUT2D eigenvalue weighted by atomic mass is 35.5. The van der Waals surface area contributed by atoms with Gasteiger partial charge in [-0.3, -0.25) is 0 Å². The van der Waals surface area contributed by atoms with Crippen molar-refractivity contribution in [2.45, 2.75) is 6.92 Å². The fourth-order valence-corrected chi connectivity index (χ4v) is 1.63. The molecule has 0 atom stereocenters. The van der Waals surface area contributed by atoms with Gasteiger partial charge in [-0.1, -0.05) is 17.7 Å². The summed E-state index contributed by atoms with van der Waals surface area (Å²) in [6, 6.07) is 9.27. The molecule has 2 rings (SSSR count). The van der Waals surface area contributed by atoms with Crippen molar-refractivity contribution in [3.05, 3.63) is 52.8 Å². The van der Waals surface area contributed by atoms with Crippen LogP contribution < -0.4 is 10.5 Å². The summed E-state index contributed by atoms with van der Waals surface area (Å²) in [7, 11) is 0. The minimum atomic E-state index is -0.350. The zero-order chi connectivity index (χ0) is 12.4. The van der Waals surface area contributed by atoms with E-state index in [1.165, 1.54) is 12.1 Å². The van der Waals surface area contributed by atoms with Gasteiger partial charge in [0.15, 0.2) is 0 Å². The molecule has 0 heterocycles. The second-order valence-corrected chi connectivity index (χ2v) is 4.11. The van der Waals surface area contributed by atoms with Gasteiger partial charge in [0, 0.05) is 11.8 Å². The van der Waals surface area contributed by atoms with E-state index >= 15 is 0 Å². The Kier molecular flexibility index (Phi) is 3.20. The fourth-order valence-electron chi connectivity index (χ4n) is 1.40. The lowest BCUT2D eigenvalue weighted by molar-refractivity contribution is 0.473. The summed E-state index contributed by atoms with van der Waals surface area (Å²) < 4.78 is 18.6. The number of benzene rings is 2. The molecule has 0 amide bonds. The third-order valence-corrected chi connectivity index (χ3v) is 2.62. The number of nitrogens with two attached hydrogens (primary N) is 1. The molecule has 0 saturated heterocycles. The van der Waals surface area contributed by atoms with E-state index in [0.717, 1.165) is 5.56 Å². The third kappa shape index (κ3) is 2.68. The second-order valence-electron chi connectivity index (χ2n) is 3.70. The number of aryl methyl sites for hydroxylation is 1. The van der Waals surface area contributed by atoms with Crippen LogP contribution in [0.5, 0.6) is 11.5 Å². The number of nitrogen functional groups attached to an aromatic ring is 1. The molecular weight excluding hydrogens is 241 g/mol. The highest BCUT2D eigenvalue weighted by Gasteiger charge is 2.06. The van der Waals surface area contributed by atoms with Crippen LogP contribution >= 0.6 is 11.6 Å². The summed E-state index contributed by atoms with van der Waals surface area (Å²) in [4.78, 5) is 0. The molecule has 0 aromatic heterocycles. The number of anilines is 1. The third-order valence-electron chi connectivity index (χ3n) is 2.33. The molecule has 2 aromatic carbocycles. The van der Waals surface area contributed by atoms with Crippen molar-refractivity contribution in [1.82, 2.24) is 0 Å². The van der Waals surface area contributed by atoms with E-state index in [1.54, 1.807) is 24.3 Å². The van der Waals surface area contributed by atoms with Crippen LogP contribution in [0.1, 0.15) is 5.56 Å². The highest BCUT2D eigenvalue weighted by Crippen LogP contribution is 2.32. The van der Waals surface area contributed by atoms with Gasteiger partial charge in [-0.2, -0.15) is 0 Å². The topological polar surface area (TPSA) is 35.2 Å². The van der Waals surface area contributed by atoms with Gasteiger partial charge in [0.2, 0.25) is 0 Å². The lowest BCUT2D eigenvalue weighted by Gasteiger charge is -2.10. The van der Waals surface area contributed by atoms with Gasteiger partial charge in [-0.05, 0) is 36.8 Å². The number of hydrogen-bond acceptors (Lipinski definition) is 2. The average Bonchev–Trinajstić information content (AvgIpc) is 2.27. The van der Waals surface area contributed by atoms with E-state index in [9.17, 15) is 4.39 Å². The summed E-state index contributed by atoms with van der Waals surface area (Å²) in [5.41, 5.74) is 6.96. The standard InChI is InChI=1S/C13H11ClFNO/c1-8-2-3-9(15)6-13(8)17-12-5-4-10(16)7-11(12)14/h2-7H,16H2,1H3. The van der Waals surface area contributed by atoms with Gasteiger partial charge in [0.1, 0.15) is 17.3 Å². The van der Waals surface area contributed by atoms with Crippen molar-refractivity contribution < 1.29 is 9.13 Å².